The zero-order valence-electron chi connectivity index (χ0n) is 17.8. The van der Waals surface area contributed by atoms with Crippen molar-refractivity contribution < 1.29 is 4.39 Å². The van der Waals surface area contributed by atoms with Crippen molar-refractivity contribution >= 4 is 5.82 Å². The number of halogens is 1. The number of hydrogen-bond donors (Lipinski definition) is 0. The second-order valence-corrected chi connectivity index (χ2v) is 9.47. The standard InChI is InChI=1S/C23H33FN6/c24-22-5-3-6-23(25-22)29-12-10-28(11-13-29)9-2-1-4-21-17-30(27-26-21)16-20-15-18-7-8-19(20)14-18/h3,5-6,17-20H,1-2,4,7-16H2/t18-,19-,20?/m1/s1. The van der Waals surface area contributed by atoms with Gasteiger partial charge in [-0.2, -0.15) is 4.39 Å². The van der Waals surface area contributed by atoms with Crippen LogP contribution in [-0.2, 0) is 13.0 Å². The Morgan fingerprint density at radius 1 is 1.03 bits per heavy atom. The lowest BCUT2D eigenvalue weighted by Crippen LogP contribution is -2.47. The third kappa shape index (κ3) is 4.66. The Morgan fingerprint density at radius 2 is 1.93 bits per heavy atom. The van der Waals surface area contributed by atoms with E-state index in [1.807, 2.05) is 6.07 Å². The molecule has 3 heterocycles. The molecule has 3 fully saturated rings. The summed E-state index contributed by atoms with van der Waals surface area (Å²) in [7, 11) is 0. The number of aryl methyl sites for hydroxylation is 1. The van der Waals surface area contributed by atoms with Crippen molar-refractivity contribution in [3.8, 4) is 0 Å². The number of aromatic nitrogens is 4. The molecule has 0 radical (unpaired) electrons. The lowest BCUT2D eigenvalue weighted by molar-refractivity contribution is 0.252. The number of pyridine rings is 1. The van der Waals surface area contributed by atoms with Crippen LogP contribution in [-0.4, -0.2) is 57.6 Å². The average molecular weight is 413 g/mol. The average Bonchev–Trinajstić information content (AvgIpc) is 3.49. The number of nitrogens with zero attached hydrogens (tertiary/aromatic N) is 6. The molecule has 2 bridgehead atoms. The van der Waals surface area contributed by atoms with E-state index in [1.165, 1.54) is 38.2 Å². The number of rotatable bonds is 8. The van der Waals surface area contributed by atoms with Crippen LogP contribution < -0.4 is 4.90 Å². The molecule has 0 N–H and O–H groups in total. The molecule has 0 spiro atoms. The minimum absolute atomic E-state index is 0.401. The van der Waals surface area contributed by atoms with Crippen LogP contribution in [0.1, 0.15) is 44.2 Å². The monoisotopic (exact) mass is 412 g/mol. The second-order valence-electron chi connectivity index (χ2n) is 9.47. The van der Waals surface area contributed by atoms with Crippen molar-refractivity contribution in [1.82, 2.24) is 24.9 Å². The predicted octanol–water partition coefficient (Wildman–Crippen LogP) is 3.39. The first kappa shape index (κ1) is 19.9. The Balaban J connectivity index is 0.993. The van der Waals surface area contributed by atoms with Gasteiger partial charge in [-0.3, -0.25) is 9.58 Å². The smallest absolute Gasteiger partial charge is 0.214 e. The van der Waals surface area contributed by atoms with Crippen LogP contribution in [0.5, 0.6) is 0 Å². The van der Waals surface area contributed by atoms with Crippen molar-refractivity contribution in [2.24, 2.45) is 17.8 Å². The minimum atomic E-state index is -0.401. The van der Waals surface area contributed by atoms with Crippen molar-refractivity contribution in [3.05, 3.63) is 36.0 Å². The molecule has 1 unspecified atom stereocenters. The Hall–Kier alpha value is -2.02. The highest BCUT2D eigenvalue weighted by Gasteiger charge is 2.39. The molecule has 2 aliphatic carbocycles. The summed E-state index contributed by atoms with van der Waals surface area (Å²) in [6.45, 7) is 6.03. The molecule has 162 valence electrons. The van der Waals surface area contributed by atoms with E-state index >= 15 is 0 Å². The van der Waals surface area contributed by atoms with Crippen LogP contribution in [0.25, 0.3) is 0 Å². The van der Waals surface area contributed by atoms with Gasteiger partial charge in [-0.1, -0.05) is 17.7 Å². The maximum absolute atomic E-state index is 13.3. The molecular weight excluding hydrogens is 379 g/mol. The summed E-state index contributed by atoms with van der Waals surface area (Å²) >= 11 is 0. The highest BCUT2D eigenvalue weighted by molar-refractivity contribution is 5.38. The van der Waals surface area contributed by atoms with Crippen molar-refractivity contribution in [2.75, 3.05) is 37.6 Å². The van der Waals surface area contributed by atoms with Gasteiger partial charge in [0.05, 0.1) is 5.69 Å². The van der Waals surface area contributed by atoms with Crippen LogP contribution in [0.2, 0.25) is 0 Å². The van der Waals surface area contributed by atoms with E-state index < -0.39 is 5.95 Å². The van der Waals surface area contributed by atoms with Crippen LogP contribution in [0, 0.1) is 23.7 Å². The predicted molar refractivity (Wildman–Crippen MR) is 115 cm³/mol. The molecule has 0 amide bonds. The van der Waals surface area contributed by atoms with Gasteiger partial charge in [0.25, 0.3) is 0 Å². The van der Waals surface area contributed by atoms with Crippen molar-refractivity contribution in [1.29, 1.82) is 0 Å². The fraction of sp³-hybridized carbons (Fsp3) is 0.696. The number of fused-ring (bicyclic) bond motifs is 2. The maximum atomic E-state index is 13.3. The summed E-state index contributed by atoms with van der Waals surface area (Å²) in [5, 5.41) is 8.80. The van der Waals surface area contributed by atoms with E-state index in [-0.39, 0.29) is 0 Å². The molecule has 2 aromatic heterocycles. The fourth-order valence-corrected chi connectivity index (χ4v) is 5.80. The van der Waals surface area contributed by atoms with Gasteiger partial charge in [-0.25, -0.2) is 4.98 Å². The first-order chi connectivity index (χ1) is 14.7. The van der Waals surface area contributed by atoms with Crippen molar-refractivity contribution in [2.45, 2.75) is 51.5 Å². The zero-order chi connectivity index (χ0) is 20.3. The maximum Gasteiger partial charge on any atom is 0.214 e. The molecule has 0 aromatic carbocycles. The second kappa shape index (κ2) is 9.00. The summed E-state index contributed by atoms with van der Waals surface area (Å²) in [6, 6.07) is 5.03. The summed E-state index contributed by atoms with van der Waals surface area (Å²) in [5.41, 5.74) is 1.14. The Kier molecular flexibility index (Phi) is 5.97. The number of hydrogen-bond acceptors (Lipinski definition) is 5. The van der Waals surface area contributed by atoms with E-state index in [4.69, 9.17) is 0 Å². The van der Waals surface area contributed by atoms with Crippen LogP contribution in [0.4, 0.5) is 10.2 Å². The molecule has 3 atom stereocenters. The quantitative estimate of drug-likeness (QED) is 0.491. The molecule has 3 aliphatic rings. The van der Waals surface area contributed by atoms with Crippen LogP contribution >= 0.6 is 0 Å². The SMILES string of the molecule is Fc1cccc(N2CCN(CCCCc3cn(CC4C[C@@H]5CC[C@@H]4C5)nn3)CC2)n1. The molecule has 30 heavy (non-hydrogen) atoms. The third-order valence-electron chi connectivity index (χ3n) is 7.45. The van der Waals surface area contributed by atoms with Gasteiger partial charge < -0.3 is 4.90 Å². The molecule has 2 saturated carbocycles. The summed E-state index contributed by atoms with van der Waals surface area (Å²) < 4.78 is 15.4. The first-order valence-corrected chi connectivity index (χ1v) is 11.7. The van der Waals surface area contributed by atoms with E-state index in [0.717, 1.165) is 81.4 Å². The summed E-state index contributed by atoms with van der Waals surface area (Å²) in [5.74, 6) is 3.12. The van der Waals surface area contributed by atoms with E-state index in [1.54, 1.807) is 6.07 Å². The van der Waals surface area contributed by atoms with Gasteiger partial charge in [0.2, 0.25) is 5.95 Å². The fourth-order valence-electron chi connectivity index (χ4n) is 5.80. The summed E-state index contributed by atoms with van der Waals surface area (Å²) in [4.78, 5) is 8.68. The van der Waals surface area contributed by atoms with Crippen LogP contribution in [0.3, 0.4) is 0 Å². The Morgan fingerprint density at radius 3 is 2.70 bits per heavy atom. The molecular formula is C23H33FN6. The number of piperazine rings is 1. The highest BCUT2D eigenvalue weighted by atomic mass is 19.1. The van der Waals surface area contributed by atoms with Gasteiger partial charge in [-0.05, 0) is 75.0 Å². The number of anilines is 1. The number of unbranched alkanes of at least 4 members (excludes halogenated alkanes) is 1. The first-order valence-electron chi connectivity index (χ1n) is 11.7. The Bertz CT molecular complexity index is 831. The Labute approximate surface area is 178 Å². The van der Waals surface area contributed by atoms with Crippen molar-refractivity contribution in [3.63, 3.8) is 0 Å². The third-order valence-corrected chi connectivity index (χ3v) is 7.45. The molecule has 5 rings (SSSR count). The molecule has 1 aliphatic heterocycles. The summed E-state index contributed by atoms with van der Waals surface area (Å²) in [6.07, 6.45) is 11.3. The van der Waals surface area contributed by atoms with E-state index in [0.29, 0.717) is 0 Å². The minimum Gasteiger partial charge on any atom is -0.354 e. The van der Waals surface area contributed by atoms with Gasteiger partial charge >= 0.3 is 0 Å². The topological polar surface area (TPSA) is 50.1 Å². The molecule has 1 saturated heterocycles. The molecule has 6 nitrogen and oxygen atoms in total. The van der Waals surface area contributed by atoms with E-state index in [9.17, 15) is 4.39 Å². The lowest BCUT2D eigenvalue weighted by atomic mass is 9.89. The molecule has 2 aromatic rings. The normalized spacial score (nSPS) is 26.6. The van der Waals surface area contributed by atoms with Gasteiger partial charge in [0.15, 0.2) is 0 Å². The van der Waals surface area contributed by atoms with Crippen LogP contribution in [0.15, 0.2) is 24.4 Å². The van der Waals surface area contributed by atoms with Gasteiger partial charge in [0.1, 0.15) is 5.82 Å². The van der Waals surface area contributed by atoms with E-state index in [2.05, 4.69) is 36.0 Å². The zero-order valence-corrected chi connectivity index (χ0v) is 17.8. The van der Waals surface area contributed by atoms with Gasteiger partial charge in [-0.15, -0.1) is 5.10 Å². The largest absolute Gasteiger partial charge is 0.354 e. The molecule has 7 heteroatoms. The lowest BCUT2D eigenvalue weighted by Gasteiger charge is -2.35. The van der Waals surface area contributed by atoms with Gasteiger partial charge in [0, 0.05) is 38.9 Å². The highest BCUT2D eigenvalue weighted by Crippen LogP contribution is 2.48.